The van der Waals surface area contributed by atoms with Gasteiger partial charge in [-0.1, -0.05) is 5.16 Å². The zero-order chi connectivity index (χ0) is 14.4. The summed E-state index contributed by atoms with van der Waals surface area (Å²) in [6, 6.07) is 1.54. The Morgan fingerprint density at radius 1 is 1.50 bits per heavy atom. The molecule has 1 fully saturated rings. The second kappa shape index (κ2) is 6.93. The third-order valence-corrected chi connectivity index (χ3v) is 3.49. The fraction of sp³-hybridized carbons (Fsp3) is 0.615. The number of carbonyl (C=O) groups excluding carboxylic acids is 1. The molecule has 7 nitrogen and oxygen atoms in total. The highest BCUT2D eigenvalue weighted by atomic mass is 16.5. The van der Waals surface area contributed by atoms with Crippen LogP contribution in [0.2, 0.25) is 0 Å². The maximum atomic E-state index is 12.2. The van der Waals surface area contributed by atoms with Gasteiger partial charge in [-0.25, -0.2) is 4.79 Å². The first-order valence-electron chi connectivity index (χ1n) is 6.82. The number of amides is 2. The lowest BCUT2D eigenvalue weighted by Gasteiger charge is -2.35. The minimum atomic E-state index is -0.821. The number of hydrogen-bond donors (Lipinski definition) is 2. The van der Waals surface area contributed by atoms with Crippen molar-refractivity contribution in [1.29, 1.82) is 0 Å². The van der Waals surface area contributed by atoms with Crippen LogP contribution >= 0.6 is 0 Å². The molecule has 1 aromatic rings. The molecule has 0 radical (unpaired) electrons. The van der Waals surface area contributed by atoms with E-state index in [0.717, 1.165) is 19.3 Å². The molecule has 1 saturated heterocycles. The molecular formula is C13H19N3O4. The van der Waals surface area contributed by atoms with Crippen LogP contribution in [0.4, 0.5) is 4.79 Å². The van der Waals surface area contributed by atoms with Gasteiger partial charge in [0.25, 0.3) is 0 Å². The summed E-state index contributed by atoms with van der Waals surface area (Å²) < 4.78 is 4.70. The molecule has 2 rings (SSSR count). The van der Waals surface area contributed by atoms with Crippen molar-refractivity contribution in [1.82, 2.24) is 15.4 Å². The van der Waals surface area contributed by atoms with Crippen LogP contribution in [0.5, 0.6) is 0 Å². The summed E-state index contributed by atoms with van der Waals surface area (Å²) in [4.78, 5) is 24.6. The number of urea groups is 1. The highest BCUT2D eigenvalue weighted by Gasteiger charge is 2.26. The lowest BCUT2D eigenvalue weighted by Crippen LogP contribution is -2.48. The molecule has 2 heterocycles. The normalized spacial score (nSPS) is 18.8. The summed E-state index contributed by atoms with van der Waals surface area (Å²) >= 11 is 0. The summed E-state index contributed by atoms with van der Waals surface area (Å²) in [6.07, 6.45) is 4.92. The van der Waals surface area contributed by atoms with Gasteiger partial charge in [0, 0.05) is 25.1 Å². The van der Waals surface area contributed by atoms with Crippen LogP contribution in [0.25, 0.3) is 0 Å². The number of likely N-dealkylation sites (tertiary alicyclic amines) is 1. The smallest absolute Gasteiger partial charge is 0.317 e. The van der Waals surface area contributed by atoms with Crippen LogP contribution in [0.3, 0.4) is 0 Å². The summed E-state index contributed by atoms with van der Waals surface area (Å²) in [5.74, 6) is -0.821. The molecule has 1 aliphatic rings. The van der Waals surface area contributed by atoms with Crippen molar-refractivity contribution in [3.8, 4) is 0 Å². The molecule has 2 amide bonds. The van der Waals surface area contributed by atoms with E-state index >= 15 is 0 Å². The van der Waals surface area contributed by atoms with E-state index < -0.39 is 5.97 Å². The first kappa shape index (κ1) is 14.4. The first-order valence-corrected chi connectivity index (χ1v) is 6.82. The Morgan fingerprint density at radius 3 is 3.05 bits per heavy atom. The van der Waals surface area contributed by atoms with E-state index in [0.29, 0.717) is 25.2 Å². The molecule has 1 aromatic heterocycles. The van der Waals surface area contributed by atoms with Gasteiger partial charge in [-0.2, -0.15) is 0 Å². The number of nitrogens with one attached hydrogen (secondary N) is 1. The standard InChI is InChI=1S/C13H19N3O4/c17-12(18)5-4-11-3-1-2-7-16(11)13(19)14-9-10-6-8-20-15-10/h6,8,11H,1-5,7,9H2,(H,14,19)(H,17,18). The molecule has 0 aromatic carbocycles. The Kier molecular flexibility index (Phi) is 4.97. The molecule has 2 N–H and O–H groups in total. The van der Waals surface area contributed by atoms with E-state index in [1.54, 1.807) is 11.0 Å². The summed E-state index contributed by atoms with van der Waals surface area (Å²) in [5.41, 5.74) is 0.664. The van der Waals surface area contributed by atoms with Gasteiger partial charge in [-0.3, -0.25) is 4.79 Å². The molecule has 110 valence electrons. The van der Waals surface area contributed by atoms with Crippen LogP contribution in [-0.4, -0.2) is 39.8 Å². The Balaban J connectivity index is 1.86. The maximum absolute atomic E-state index is 12.2. The second-order valence-electron chi connectivity index (χ2n) is 4.92. The fourth-order valence-electron chi connectivity index (χ4n) is 2.45. The minimum absolute atomic E-state index is 0.0113. The van der Waals surface area contributed by atoms with E-state index in [1.165, 1.54) is 6.26 Å². The maximum Gasteiger partial charge on any atom is 0.317 e. The third kappa shape index (κ3) is 3.97. The zero-order valence-corrected chi connectivity index (χ0v) is 11.2. The molecule has 7 heteroatoms. The highest BCUT2D eigenvalue weighted by Crippen LogP contribution is 2.21. The molecule has 0 saturated carbocycles. The van der Waals surface area contributed by atoms with Crippen LogP contribution in [0.1, 0.15) is 37.8 Å². The van der Waals surface area contributed by atoms with Crippen molar-refractivity contribution in [2.24, 2.45) is 0 Å². The number of aromatic nitrogens is 1. The Hall–Kier alpha value is -2.05. The van der Waals surface area contributed by atoms with Crippen LogP contribution in [-0.2, 0) is 11.3 Å². The van der Waals surface area contributed by atoms with E-state index in [4.69, 9.17) is 9.63 Å². The van der Waals surface area contributed by atoms with Gasteiger partial charge in [0.2, 0.25) is 0 Å². The third-order valence-electron chi connectivity index (χ3n) is 3.49. The summed E-state index contributed by atoms with van der Waals surface area (Å²) in [5, 5.41) is 15.3. The van der Waals surface area contributed by atoms with E-state index in [1.807, 2.05) is 0 Å². The van der Waals surface area contributed by atoms with Gasteiger partial charge in [-0.05, 0) is 25.7 Å². The van der Waals surface area contributed by atoms with Crippen molar-refractivity contribution in [3.05, 3.63) is 18.0 Å². The number of carboxylic acid groups (broad SMARTS) is 1. The second-order valence-corrected chi connectivity index (χ2v) is 4.92. The predicted molar refractivity (Wildman–Crippen MR) is 70.0 cm³/mol. The number of carbonyl (C=O) groups is 2. The quantitative estimate of drug-likeness (QED) is 0.854. The van der Waals surface area contributed by atoms with E-state index in [-0.39, 0.29) is 18.5 Å². The van der Waals surface area contributed by atoms with Gasteiger partial charge in [0.05, 0.1) is 6.54 Å². The van der Waals surface area contributed by atoms with Crippen molar-refractivity contribution in [2.45, 2.75) is 44.7 Å². The zero-order valence-electron chi connectivity index (χ0n) is 11.2. The largest absolute Gasteiger partial charge is 0.481 e. The minimum Gasteiger partial charge on any atom is -0.481 e. The van der Waals surface area contributed by atoms with Crippen LogP contribution in [0.15, 0.2) is 16.9 Å². The highest BCUT2D eigenvalue weighted by molar-refractivity contribution is 5.74. The van der Waals surface area contributed by atoms with E-state index in [2.05, 4.69) is 10.5 Å². The average molecular weight is 281 g/mol. The van der Waals surface area contributed by atoms with E-state index in [9.17, 15) is 9.59 Å². The predicted octanol–water partition coefficient (Wildman–Crippen LogP) is 1.60. The van der Waals surface area contributed by atoms with Gasteiger partial charge in [0.1, 0.15) is 12.0 Å². The topological polar surface area (TPSA) is 95.7 Å². The molecule has 0 bridgehead atoms. The Labute approximate surface area is 116 Å². The number of rotatable bonds is 5. The van der Waals surface area contributed by atoms with Crippen LogP contribution < -0.4 is 5.32 Å². The first-order chi connectivity index (χ1) is 9.66. The molecule has 1 unspecified atom stereocenters. The number of piperidine rings is 1. The van der Waals surface area contributed by atoms with Gasteiger partial charge in [-0.15, -0.1) is 0 Å². The SMILES string of the molecule is O=C(O)CCC1CCCCN1C(=O)NCc1ccon1. The number of nitrogens with zero attached hydrogens (tertiary/aromatic N) is 2. The van der Waals surface area contributed by atoms with Gasteiger partial charge >= 0.3 is 12.0 Å². The number of hydrogen-bond acceptors (Lipinski definition) is 4. The fourth-order valence-corrected chi connectivity index (χ4v) is 2.45. The average Bonchev–Trinajstić information content (AvgIpc) is 2.96. The lowest BCUT2D eigenvalue weighted by atomic mass is 9.98. The van der Waals surface area contributed by atoms with Crippen LogP contribution in [0, 0.1) is 0 Å². The molecule has 0 spiro atoms. The lowest BCUT2D eigenvalue weighted by molar-refractivity contribution is -0.137. The molecule has 0 aliphatic carbocycles. The number of carboxylic acids is 1. The molecule has 1 aliphatic heterocycles. The summed E-state index contributed by atoms with van der Waals surface area (Å²) in [7, 11) is 0. The van der Waals surface area contributed by atoms with Crippen molar-refractivity contribution in [2.75, 3.05) is 6.54 Å². The monoisotopic (exact) mass is 281 g/mol. The molecular weight excluding hydrogens is 262 g/mol. The van der Waals surface area contributed by atoms with Crippen molar-refractivity contribution >= 4 is 12.0 Å². The van der Waals surface area contributed by atoms with Crippen molar-refractivity contribution < 1.29 is 19.2 Å². The Bertz CT molecular complexity index is 446. The molecule has 20 heavy (non-hydrogen) atoms. The van der Waals surface area contributed by atoms with Gasteiger partial charge in [0.15, 0.2) is 0 Å². The molecule has 1 atom stereocenters. The summed E-state index contributed by atoms with van der Waals surface area (Å²) in [6.45, 7) is 0.992. The Morgan fingerprint density at radius 2 is 2.35 bits per heavy atom. The number of aliphatic carboxylic acids is 1. The van der Waals surface area contributed by atoms with Gasteiger partial charge < -0.3 is 19.8 Å². The van der Waals surface area contributed by atoms with Crippen molar-refractivity contribution in [3.63, 3.8) is 0 Å².